The lowest BCUT2D eigenvalue weighted by molar-refractivity contribution is -0.120. The number of amides is 1. The van der Waals surface area contributed by atoms with Gasteiger partial charge in [0, 0.05) is 36.1 Å². The van der Waals surface area contributed by atoms with Crippen LogP contribution in [0.15, 0.2) is 54.6 Å². The van der Waals surface area contributed by atoms with Crippen molar-refractivity contribution in [2.75, 3.05) is 30.4 Å². The zero-order chi connectivity index (χ0) is 19.3. The van der Waals surface area contributed by atoms with Crippen molar-refractivity contribution in [3.8, 4) is 17.1 Å². The molecule has 3 aromatic rings. The van der Waals surface area contributed by atoms with E-state index in [0.29, 0.717) is 11.4 Å². The molecule has 0 aliphatic carbocycles. The lowest BCUT2D eigenvalue weighted by atomic mass is 9.96. The molecule has 1 fully saturated rings. The molecule has 4 rings (SSSR count). The maximum absolute atomic E-state index is 12.7. The van der Waals surface area contributed by atoms with Gasteiger partial charge in [-0.3, -0.25) is 4.79 Å². The molecule has 2 aromatic carbocycles. The Morgan fingerprint density at radius 1 is 1.11 bits per heavy atom. The minimum Gasteiger partial charge on any atom is -0.495 e. The van der Waals surface area contributed by atoms with Crippen molar-refractivity contribution in [3.05, 3.63) is 54.6 Å². The summed E-state index contributed by atoms with van der Waals surface area (Å²) in [5.74, 6) is 1.47. The number of methoxy groups -OCH3 is 1. The summed E-state index contributed by atoms with van der Waals surface area (Å²) in [6.45, 7) is 1.60. The van der Waals surface area contributed by atoms with E-state index in [-0.39, 0.29) is 11.8 Å². The van der Waals surface area contributed by atoms with Gasteiger partial charge in [0.1, 0.15) is 5.75 Å². The molecule has 1 N–H and O–H groups in total. The number of nitrogens with one attached hydrogen (secondary N) is 1. The third-order valence-electron chi connectivity index (χ3n) is 4.95. The van der Waals surface area contributed by atoms with E-state index in [1.165, 1.54) is 11.5 Å². The Morgan fingerprint density at radius 3 is 2.57 bits per heavy atom. The summed E-state index contributed by atoms with van der Waals surface area (Å²) >= 11 is 1.42. The Balaban J connectivity index is 1.36. The Labute approximate surface area is 168 Å². The number of carbonyl (C=O) groups is 1. The number of anilines is 2. The van der Waals surface area contributed by atoms with Crippen molar-refractivity contribution in [1.82, 2.24) is 9.36 Å². The first-order valence-electron chi connectivity index (χ1n) is 9.32. The van der Waals surface area contributed by atoms with E-state index < -0.39 is 0 Å². The van der Waals surface area contributed by atoms with Gasteiger partial charge in [-0.15, -0.1) is 0 Å². The number of para-hydroxylation sites is 2. The van der Waals surface area contributed by atoms with E-state index in [2.05, 4.69) is 19.6 Å². The van der Waals surface area contributed by atoms with Crippen molar-refractivity contribution in [3.63, 3.8) is 0 Å². The van der Waals surface area contributed by atoms with Crippen LogP contribution in [0.3, 0.4) is 0 Å². The summed E-state index contributed by atoms with van der Waals surface area (Å²) in [6, 6.07) is 17.5. The van der Waals surface area contributed by atoms with Gasteiger partial charge in [-0.1, -0.05) is 42.5 Å². The van der Waals surface area contributed by atoms with Gasteiger partial charge in [-0.25, -0.2) is 0 Å². The molecule has 1 aliphatic heterocycles. The molecule has 1 saturated heterocycles. The fourth-order valence-corrected chi connectivity index (χ4v) is 4.10. The van der Waals surface area contributed by atoms with Crippen LogP contribution in [0, 0.1) is 5.92 Å². The molecule has 0 bridgehead atoms. The number of nitrogens with zero attached hydrogens (tertiary/aromatic N) is 3. The van der Waals surface area contributed by atoms with Crippen LogP contribution in [0.1, 0.15) is 12.8 Å². The molecule has 1 aromatic heterocycles. The SMILES string of the molecule is COc1ccccc1NC(=O)C1CCN(c2nc(-c3ccccc3)ns2)CC1. The third-order valence-corrected chi connectivity index (χ3v) is 5.73. The highest BCUT2D eigenvalue weighted by molar-refractivity contribution is 7.09. The molecule has 28 heavy (non-hydrogen) atoms. The van der Waals surface area contributed by atoms with Crippen molar-refractivity contribution >= 4 is 28.3 Å². The largest absolute Gasteiger partial charge is 0.495 e. The predicted molar refractivity (Wildman–Crippen MR) is 112 cm³/mol. The molecule has 0 saturated carbocycles. The normalized spacial score (nSPS) is 14.7. The fourth-order valence-electron chi connectivity index (χ4n) is 3.36. The van der Waals surface area contributed by atoms with E-state index >= 15 is 0 Å². The first kappa shape index (κ1) is 18.4. The summed E-state index contributed by atoms with van der Waals surface area (Å²) < 4.78 is 9.80. The fraction of sp³-hybridized carbons (Fsp3) is 0.286. The molecule has 7 heteroatoms. The monoisotopic (exact) mass is 394 g/mol. The van der Waals surface area contributed by atoms with Gasteiger partial charge < -0.3 is 15.0 Å². The second-order valence-corrected chi connectivity index (χ2v) is 7.45. The zero-order valence-corrected chi connectivity index (χ0v) is 16.5. The second kappa shape index (κ2) is 8.39. The molecule has 1 aliphatic rings. The number of hydrogen-bond donors (Lipinski definition) is 1. The summed E-state index contributed by atoms with van der Waals surface area (Å²) in [4.78, 5) is 19.6. The summed E-state index contributed by atoms with van der Waals surface area (Å²) in [5, 5.41) is 3.92. The zero-order valence-electron chi connectivity index (χ0n) is 15.7. The first-order valence-corrected chi connectivity index (χ1v) is 10.1. The van der Waals surface area contributed by atoms with Gasteiger partial charge in [0.05, 0.1) is 12.8 Å². The van der Waals surface area contributed by atoms with Gasteiger partial charge in [0.2, 0.25) is 11.0 Å². The number of carbonyl (C=O) groups excluding carboxylic acids is 1. The van der Waals surface area contributed by atoms with Gasteiger partial charge in [0.15, 0.2) is 5.82 Å². The first-order chi connectivity index (χ1) is 13.7. The Kier molecular flexibility index (Phi) is 5.53. The van der Waals surface area contributed by atoms with Gasteiger partial charge in [0.25, 0.3) is 0 Å². The number of aromatic nitrogens is 2. The Morgan fingerprint density at radius 2 is 1.82 bits per heavy atom. The van der Waals surface area contributed by atoms with Gasteiger partial charge >= 0.3 is 0 Å². The molecule has 144 valence electrons. The lowest BCUT2D eigenvalue weighted by Crippen LogP contribution is -2.38. The minimum absolute atomic E-state index is 0.0114. The van der Waals surface area contributed by atoms with E-state index in [1.807, 2.05) is 54.6 Å². The number of benzene rings is 2. The quantitative estimate of drug-likeness (QED) is 0.707. The molecule has 1 amide bonds. The smallest absolute Gasteiger partial charge is 0.227 e. The van der Waals surface area contributed by atoms with E-state index in [9.17, 15) is 4.79 Å². The predicted octanol–water partition coefficient (Wildman–Crippen LogP) is 4.07. The van der Waals surface area contributed by atoms with E-state index in [1.54, 1.807) is 7.11 Å². The molecular weight excluding hydrogens is 372 g/mol. The van der Waals surface area contributed by atoms with E-state index in [4.69, 9.17) is 4.74 Å². The van der Waals surface area contributed by atoms with Gasteiger partial charge in [-0.05, 0) is 25.0 Å². The highest BCUT2D eigenvalue weighted by Crippen LogP contribution is 2.29. The second-order valence-electron chi connectivity index (χ2n) is 6.72. The number of hydrogen-bond acceptors (Lipinski definition) is 6. The summed E-state index contributed by atoms with van der Waals surface area (Å²) in [7, 11) is 1.61. The van der Waals surface area contributed by atoms with Crippen molar-refractivity contribution in [2.45, 2.75) is 12.8 Å². The standard InChI is InChI=1S/C21H22N4O2S/c1-27-18-10-6-5-9-17(18)22-20(26)16-11-13-25(14-12-16)21-23-19(24-28-21)15-7-3-2-4-8-15/h2-10,16H,11-14H2,1H3,(H,22,26). The van der Waals surface area contributed by atoms with Crippen LogP contribution in [-0.4, -0.2) is 35.5 Å². The van der Waals surface area contributed by atoms with Crippen molar-refractivity contribution in [2.24, 2.45) is 5.92 Å². The topological polar surface area (TPSA) is 67.3 Å². The molecule has 2 heterocycles. The van der Waals surface area contributed by atoms with Crippen LogP contribution in [0.2, 0.25) is 0 Å². The van der Waals surface area contributed by atoms with Gasteiger partial charge in [-0.2, -0.15) is 9.36 Å². The van der Waals surface area contributed by atoms with Crippen LogP contribution >= 0.6 is 11.5 Å². The van der Waals surface area contributed by atoms with Crippen LogP contribution in [0.5, 0.6) is 5.75 Å². The van der Waals surface area contributed by atoms with E-state index in [0.717, 1.165) is 42.5 Å². The Hall–Kier alpha value is -2.93. The summed E-state index contributed by atoms with van der Waals surface area (Å²) in [6.07, 6.45) is 1.59. The highest BCUT2D eigenvalue weighted by atomic mass is 32.1. The molecule has 0 unspecified atom stereocenters. The van der Waals surface area contributed by atoms with Crippen LogP contribution in [-0.2, 0) is 4.79 Å². The van der Waals surface area contributed by atoms with Crippen LogP contribution < -0.4 is 15.0 Å². The van der Waals surface area contributed by atoms with Crippen LogP contribution in [0.4, 0.5) is 10.8 Å². The highest BCUT2D eigenvalue weighted by Gasteiger charge is 2.27. The van der Waals surface area contributed by atoms with Crippen molar-refractivity contribution in [1.29, 1.82) is 0 Å². The molecule has 0 atom stereocenters. The number of ether oxygens (including phenoxy) is 1. The molecule has 6 nitrogen and oxygen atoms in total. The molecular formula is C21H22N4O2S. The molecule has 0 radical (unpaired) electrons. The average Bonchev–Trinajstić information content (AvgIpc) is 3.25. The average molecular weight is 395 g/mol. The maximum atomic E-state index is 12.7. The Bertz CT molecular complexity index is 936. The number of rotatable bonds is 5. The lowest BCUT2D eigenvalue weighted by Gasteiger charge is -2.30. The number of piperidine rings is 1. The molecule has 0 spiro atoms. The third kappa shape index (κ3) is 3.99. The maximum Gasteiger partial charge on any atom is 0.227 e. The van der Waals surface area contributed by atoms with Crippen molar-refractivity contribution < 1.29 is 9.53 Å². The van der Waals surface area contributed by atoms with Crippen LogP contribution in [0.25, 0.3) is 11.4 Å². The summed E-state index contributed by atoms with van der Waals surface area (Å²) in [5.41, 5.74) is 1.74. The minimum atomic E-state index is -0.0114.